The van der Waals surface area contributed by atoms with E-state index in [0.29, 0.717) is 5.56 Å². The van der Waals surface area contributed by atoms with Crippen molar-refractivity contribution in [3.63, 3.8) is 0 Å². The molecule has 2 aromatic rings. The molecular weight excluding hydrogens is 368 g/mol. The summed E-state index contributed by atoms with van der Waals surface area (Å²) in [7, 11) is 0. The highest BCUT2D eigenvalue weighted by Gasteiger charge is 2.34. The zero-order valence-electron chi connectivity index (χ0n) is 17.0. The van der Waals surface area contributed by atoms with Gasteiger partial charge in [-0.3, -0.25) is 14.4 Å². The zero-order chi connectivity index (χ0) is 21.0. The van der Waals surface area contributed by atoms with Crippen LogP contribution in [0.25, 0.3) is 0 Å². The van der Waals surface area contributed by atoms with Crippen LogP contribution in [0.2, 0.25) is 0 Å². The van der Waals surface area contributed by atoms with E-state index in [1.54, 1.807) is 24.0 Å². The lowest BCUT2D eigenvalue weighted by molar-refractivity contribution is -0.153. The maximum Gasteiger partial charge on any atom is 0.308 e. The summed E-state index contributed by atoms with van der Waals surface area (Å²) in [6.07, 6.45) is -0.0990. The highest BCUT2D eigenvalue weighted by Crippen LogP contribution is 2.32. The van der Waals surface area contributed by atoms with Gasteiger partial charge in [0.05, 0.1) is 6.42 Å². The van der Waals surface area contributed by atoms with Crippen LogP contribution in [0.5, 0.6) is 0 Å². The fourth-order valence-electron chi connectivity index (χ4n) is 3.57. The highest BCUT2D eigenvalue weighted by molar-refractivity contribution is 5.99. The van der Waals surface area contributed by atoms with E-state index in [0.717, 1.165) is 23.2 Å². The summed E-state index contributed by atoms with van der Waals surface area (Å²) < 4.78 is 5.31. The molecule has 1 aliphatic heterocycles. The van der Waals surface area contributed by atoms with Gasteiger partial charge < -0.3 is 15.0 Å². The number of fused-ring (bicyclic) bond motifs is 1. The Labute approximate surface area is 170 Å². The Hall–Kier alpha value is -3.15. The number of hydrogen-bond acceptors (Lipinski definition) is 4. The molecule has 2 amide bonds. The van der Waals surface area contributed by atoms with Crippen molar-refractivity contribution >= 4 is 23.5 Å². The van der Waals surface area contributed by atoms with Crippen LogP contribution in [0, 0.1) is 6.92 Å². The molecule has 0 fully saturated rings. The summed E-state index contributed by atoms with van der Waals surface area (Å²) in [5.74, 6) is -0.997. The van der Waals surface area contributed by atoms with Crippen LogP contribution in [-0.2, 0) is 20.7 Å². The lowest BCUT2D eigenvalue weighted by atomic mass is 10.1. The second-order valence-electron chi connectivity index (χ2n) is 7.40. The summed E-state index contributed by atoms with van der Waals surface area (Å²) in [5, 5.41) is 2.70. The van der Waals surface area contributed by atoms with Crippen LogP contribution in [0.1, 0.15) is 41.8 Å². The number of ether oxygens (including phenoxy) is 1. The van der Waals surface area contributed by atoms with Crippen LogP contribution >= 0.6 is 0 Å². The fraction of sp³-hybridized carbons (Fsp3) is 0.348. The number of carbonyl (C=O) groups is 3. The summed E-state index contributed by atoms with van der Waals surface area (Å²) >= 11 is 0. The predicted octanol–water partition coefficient (Wildman–Crippen LogP) is 3.02. The van der Waals surface area contributed by atoms with Gasteiger partial charge in [0.2, 0.25) is 0 Å². The normalized spacial score (nSPS) is 16.1. The molecule has 0 radical (unpaired) electrons. The number of nitrogens with zero attached hydrogens (tertiary/aromatic N) is 1. The van der Waals surface area contributed by atoms with Crippen molar-refractivity contribution in [2.75, 3.05) is 11.4 Å². The van der Waals surface area contributed by atoms with E-state index < -0.39 is 12.1 Å². The zero-order valence-corrected chi connectivity index (χ0v) is 17.0. The van der Waals surface area contributed by atoms with Crippen LogP contribution in [0.3, 0.4) is 0 Å². The van der Waals surface area contributed by atoms with Crippen LogP contribution in [-0.4, -0.2) is 36.5 Å². The summed E-state index contributed by atoms with van der Waals surface area (Å²) in [4.78, 5) is 38.8. The van der Waals surface area contributed by atoms with Crippen molar-refractivity contribution in [3.05, 3.63) is 65.2 Å². The van der Waals surface area contributed by atoms with Gasteiger partial charge in [0.1, 0.15) is 0 Å². The van der Waals surface area contributed by atoms with Gasteiger partial charge in [-0.25, -0.2) is 0 Å². The SMILES string of the molecule is Cc1cccc(C(=O)NCCC(=O)O[C@@H](C)C(=O)N2c3ccccc3C[C@@H]2C)c1. The van der Waals surface area contributed by atoms with Crippen LogP contribution < -0.4 is 10.2 Å². The Morgan fingerprint density at radius 2 is 1.93 bits per heavy atom. The minimum Gasteiger partial charge on any atom is -0.452 e. The van der Waals surface area contributed by atoms with Gasteiger partial charge in [0, 0.05) is 23.8 Å². The number of carbonyl (C=O) groups excluding carboxylic acids is 3. The molecule has 0 unspecified atom stereocenters. The summed E-state index contributed by atoms with van der Waals surface area (Å²) in [6.45, 7) is 5.62. The number of hydrogen-bond donors (Lipinski definition) is 1. The van der Waals surface area contributed by atoms with Crippen molar-refractivity contribution in [1.29, 1.82) is 0 Å². The van der Waals surface area contributed by atoms with E-state index >= 15 is 0 Å². The van der Waals surface area contributed by atoms with Gasteiger partial charge in [-0.2, -0.15) is 0 Å². The molecule has 1 heterocycles. The first kappa shape index (κ1) is 20.6. The Kier molecular flexibility index (Phi) is 6.32. The van der Waals surface area contributed by atoms with Crippen molar-refractivity contribution < 1.29 is 19.1 Å². The summed E-state index contributed by atoms with van der Waals surface area (Å²) in [5.41, 5.74) is 3.52. The third-order valence-corrected chi connectivity index (χ3v) is 5.00. The largest absolute Gasteiger partial charge is 0.452 e. The first-order chi connectivity index (χ1) is 13.9. The van der Waals surface area contributed by atoms with Crippen molar-refractivity contribution in [2.24, 2.45) is 0 Å². The molecular formula is C23H26N2O4. The maximum atomic E-state index is 12.8. The molecule has 2 aromatic carbocycles. The Morgan fingerprint density at radius 3 is 2.69 bits per heavy atom. The van der Waals surface area contributed by atoms with Gasteiger partial charge in [0.25, 0.3) is 11.8 Å². The molecule has 2 atom stereocenters. The van der Waals surface area contributed by atoms with Crippen LogP contribution in [0.15, 0.2) is 48.5 Å². The number of amides is 2. The summed E-state index contributed by atoms with van der Waals surface area (Å²) in [6, 6.07) is 15.0. The van der Waals surface area contributed by atoms with Crippen molar-refractivity contribution in [1.82, 2.24) is 5.32 Å². The van der Waals surface area contributed by atoms with Crippen molar-refractivity contribution in [2.45, 2.75) is 45.8 Å². The fourth-order valence-corrected chi connectivity index (χ4v) is 3.57. The van der Waals surface area contributed by atoms with Gasteiger partial charge in [-0.15, -0.1) is 0 Å². The number of nitrogens with one attached hydrogen (secondary N) is 1. The van der Waals surface area contributed by atoms with E-state index in [9.17, 15) is 14.4 Å². The molecule has 1 N–H and O–H groups in total. The second kappa shape index (κ2) is 8.90. The predicted molar refractivity (Wildman–Crippen MR) is 111 cm³/mol. The standard InChI is InChI=1S/C23H26N2O4/c1-15-7-6-9-19(13-15)22(27)24-12-11-21(26)29-17(3)23(28)25-16(2)14-18-8-4-5-10-20(18)25/h4-10,13,16-17H,11-12,14H2,1-3H3,(H,24,27)/t16-,17-/m0/s1. The van der Waals surface area contributed by atoms with E-state index in [4.69, 9.17) is 4.74 Å². The minimum absolute atomic E-state index is 0.00131. The number of rotatable bonds is 6. The highest BCUT2D eigenvalue weighted by atomic mass is 16.5. The van der Waals surface area contributed by atoms with Gasteiger partial charge in [0.15, 0.2) is 6.10 Å². The topological polar surface area (TPSA) is 75.7 Å². The third-order valence-electron chi connectivity index (χ3n) is 5.00. The maximum absolute atomic E-state index is 12.8. The number of benzene rings is 2. The first-order valence-electron chi connectivity index (χ1n) is 9.82. The lowest BCUT2D eigenvalue weighted by Gasteiger charge is -2.26. The molecule has 29 heavy (non-hydrogen) atoms. The number of esters is 1. The Balaban J connectivity index is 1.49. The monoisotopic (exact) mass is 394 g/mol. The molecule has 1 aliphatic rings. The molecule has 0 saturated heterocycles. The third kappa shape index (κ3) is 4.83. The number of anilines is 1. The van der Waals surface area contributed by atoms with E-state index in [2.05, 4.69) is 5.32 Å². The molecule has 0 aromatic heterocycles. The lowest BCUT2D eigenvalue weighted by Crippen LogP contribution is -2.43. The smallest absolute Gasteiger partial charge is 0.308 e. The molecule has 6 heteroatoms. The average Bonchev–Trinajstić information content (AvgIpc) is 3.02. The molecule has 0 spiro atoms. The first-order valence-corrected chi connectivity index (χ1v) is 9.82. The second-order valence-corrected chi connectivity index (χ2v) is 7.40. The molecule has 152 valence electrons. The van der Waals surface area contributed by atoms with Gasteiger partial charge in [-0.05, 0) is 51.0 Å². The van der Waals surface area contributed by atoms with Crippen LogP contribution in [0.4, 0.5) is 5.69 Å². The van der Waals surface area contributed by atoms with E-state index in [1.807, 2.05) is 50.2 Å². The Bertz CT molecular complexity index is 925. The minimum atomic E-state index is -0.886. The molecule has 0 saturated carbocycles. The molecule has 0 aliphatic carbocycles. The number of aryl methyl sites for hydroxylation is 1. The molecule has 3 rings (SSSR count). The van der Waals surface area contributed by atoms with Gasteiger partial charge in [-0.1, -0.05) is 35.9 Å². The number of para-hydroxylation sites is 1. The average molecular weight is 394 g/mol. The van der Waals surface area contributed by atoms with E-state index in [-0.39, 0.29) is 30.8 Å². The quantitative estimate of drug-likeness (QED) is 0.764. The van der Waals surface area contributed by atoms with E-state index in [1.165, 1.54) is 0 Å². The Morgan fingerprint density at radius 1 is 1.17 bits per heavy atom. The molecule has 0 bridgehead atoms. The van der Waals surface area contributed by atoms with Crippen molar-refractivity contribution in [3.8, 4) is 0 Å². The van der Waals surface area contributed by atoms with Gasteiger partial charge >= 0.3 is 5.97 Å². The molecule has 6 nitrogen and oxygen atoms in total.